The van der Waals surface area contributed by atoms with Crippen LogP contribution in [0.1, 0.15) is 49.9 Å². The number of rotatable bonds is 7. The van der Waals surface area contributed by atoms with E-state index in [4.69, 9.17) is 4.74 Å². The minimum atomic E-state index is -0.722. The van der Waals surface area contributed by atoms with E-state index in [2.05, 4.69) is 5.32 Å². The molecule has 35 heavy (non-hydrogen) atoms. The Morgan fingerprint density at radius 3 is 2.43 bits per heavy atom. The van der Waals surface area contributed by atoms with Crippen molar-refractivity contribution in [1.82, 2.24) is 4.90 Å². The monoisotopic (exact) mass is 474 g/mol. The number of carbonyl (C=O) groups is 2. The molecule has 0 fully saturated rings. The minimum Gasteiger partial charge on any atom is -0.481 e. The van der Waals surface area contributed by atoms with Gasteiger partial charge in [0.1, 0.15) is 11.6 Å². The van der Waals surface area contributed by atoms with E-state index in [9.17, 15) is 14.0 Å². The second kappa shape index (κ2) is 10.7. The van der Waals surface area contributed by atoms with Crippen LogP contribution in [0.3, 0.4) is 0 Å². The van der Waals surface area contributed by atoms with Crippen LogP contribution in [-0.4, -0.2) is 29.4 Å². The predicted molar refractivity (Wildman–Crippen MR) is 135 cm³/mol. The SMILES string of the molecule is CC(C)CC(=O)N1CCc2ccc(OC(C)C(=O)Nc3ccccc3)cc2C1c1ccc(F)cc1. The van der Waals surface area contributed by atoms with Gasteiger partial charge >= 0.3 is 0 Å². The van der Waals surface area contributed by atoms with E-state index >= 15 is 0 Å². The summed E-state index contributed by atoms with van der Waals surface area (Å²) in [6, 6.07) is 20.9. The lowest BCUT2D eigenvalue weighted by Crippen LogP contribution is -2.41. The molecule has 6 heteroatoms. The number of para-hydroxylation sites is 1. The predicted octanol–water partition coefficient (Wildman–Crippen LogP) is 5.75. The summed E-state index contributed by atoms with van der Waals surface area (Å²) < 4.78 is 19.7. The van der Waals surface area contributed by atoms with E-state index in [1.807, 2.05) is 67.3 Å². The van der Waals surface area contributed by atoms with Crippen LogP contribution in [-0.2, 0) is 16.0 Å². The molecule has 0 saturated heterocycles. The van der Waals surface area contributed by atoms with Gasteiger partial charge in [0.2, 0.25) is 5.91 Å². The van der Waals surface area contributed by atoms with Gasteiger partial charge in [0.15, 0.2) is 6.10 Å². The lowest BCUT2D eigenvalue weighted by Gasteiger charge is -2.38. The number of carbonyl (C=O) groups excluding carboxylic acids is 2. The van der Waals surface area contributed by atoms with Crippen molar-refractivity contribution in [2.75, 3.05) is 11.9 Å². The van der Waals surface area contributed by atoms with Crippen LogP contribution in [0.5, 0.6) is 5.75 Å². The van der Waals surface area contributed by atoms with Crippen LogP contribution in [0.25, 0.3) is 0 Å². The van der Waals surface area contributed by atoms with E-state index < -0.39 is 6.10 Å². The molecule has 1 aliphatic heterocycles. The highest BCUT2D eigenvalue weighted by Crippen LogP contribution is 2.38. The molecule has 2 unspecified atom stereocenters. The average molecular weight is 475 g/mol. The van der Waals surface area contributed by atoms with Gasteiger partial charge in [-0.1, -0.05) is 50.2 Å². The van der Waals surface area contributed by atoms with Gasteiger partial charge in [-0.25, -0.2) is 4.39 Å². The number of nitrogens with zero attached hydrogens (tertiary/aromatic N) is 1. The van der Waals surface area contributed by atoms with Crippen LogP contribution in [0.15, 0.2) is 72.8 Å². The van der Waals surface area contributed by atoms with Gasteiger partial charge in [-0.05, 0) is 72.4 Å². The van der Waals surface area contributed by atoms with E-state index in [1.54, 1.807) is 19.1 Å². The zero-order valence-electron chi connectivity index (χ0n) is 20.3. The topological polar surface area (TPSA) is 58.6 Å². The highest BCUT2D eigenvalue weighted by molar-refractivity contribution is 5.94. The third-order valence-corrected chi connectivity index (χ3v) is 6.16. The maximum absolute atomic E-state index is 13.7. The molecule has 0 spiro atoms. The van der Waals surface area contributed by atoms with Gasteiger partial charge in [-0.3, -0.25) is 9.59 Å². The number of amides is 2. The van der Waals surface area contributed by atoms with Crippen molar-refractivity contribution in [3.8, 4) is 5.75 Å². The summed E-state index contributed by atoms with van der Waals surface area (Å²) in [6.07, 6.45) is 0.445. The lowest BCUT2D eigenvalue weighted by molar-refractivity contribution is -0.134. The first-order valence-corrected chi connectivity index (χ1v) is 12.0. The Morgan fingerprint density at radius 2 is 1.74 bits per heavy atom. The lowest BCUT2D eigenvalue weighted by atomic mass is 9.87. The molecule has 3 aromatic rings. The standard InChI is InChI=1S/C29H31FN2O3/c1-19(2)17-27(33)32-16-15-21-11-14-25(18-26(21)28(32)22-9-12-23(30)13-10-22)35-20(3)29(34)31-24-7-5-4-6-8-24/h4-14,18-20,28H,15-17H2,1-3H3,(H,31,34). The van der Waals surface area contributed by atoms with Gasteiger partial charge in [-0.15, -0.1) is 0 Å². The van der Waals surface area contributed by atoms with Crippen molar-refractivity contribution in [3.05, 3.63) is 95.3 Å². The first-order chi connectivity index (χ1) is 16.8. The zero-order chi connectivity index (χ0) is 24.9. The van der Waals surface area contributed by atoms with Gasteiger partial charge in [0.25, 0.3) is 5.91 Å². The van der Waals surface area contributed by atoms with Crippen LogP contribution < -0.4 is 10.1 Å². The quantitative estimate of drug-likeness (QED) is 0.474. The number of halogens is 1. The zero-order valence-corrected chi connectivity index (χ0v) is 20.3. The molecule has 0 aromatic heterocycles. The second-order valence-corrected chi connectivity index (χ2v) is 9.37. The Morgan fingerprint density at radius 1 is 1.03 bits per heavy atom. The van der Waals surface area contributed by atoms with E-state index in [1.165, 1.54) is 12.1 Å². The average Bonchev–Trinajstić information content (AvgIpc) is 2.84. The molecule has 0 saturated carbocycles. The van der Waals surface area contributed by atoms with Crippen molar-refractivity contribution < 1.29 is 18.7 Å². The third kappa shape index (κ3) is 5.88. The van der Waals surface area contributed by atoms with Gasteiger partial charge < -0.3 is 15.0 Å². The molecular formula is C29H31FN2O3. The Balaban J connectivity index is 1.61. The summed E-state index contributed by atoms with van der Waals surface area (Å²) in [5.74, 6) is 0.279. The fraction of sp³-hybridized carbons (Fsp3) is 0.310. The molecule has 2 atom stereocenters. The first kappa shape index (κ1) is 24.5. The largest absolute Gasteiger partial charge is 0.481 e. The molecule has 5 nitrogen and oxygen atoms in total. The first-order valence-electron chi connectivity index (χ1n) is 12.0. The van der Waals surface area contributed by atoms with Gasteiger partial charge in [-0.2, -0.15) is 0 Å². The number of fused-ring (bicyclic) bond motifs is 1. The fourth-order valence-corrected chi connectivity index (χ4v) is 4.43. The molecule has 3 aromatic carbocycles. The maximum atomic E-state index is 13.7. The number of ether oxygens (including phenoxy) is 1. The molecular weight excluding hydrogens is 443 g/mol. The molecule has 4 rings (SSSR count). The third-order valence-electron chi connectivity index (χ3n) is 6.16. The maximum Gasteiger partial charge on any atom is 0.265 e. The Hall–Kier alpha value is -3.67. The molecule has 182 valence electrons. The molecule has 1 heterocycles. The van der Waals surface area contributed by atoms with E-state index in [0.29, 0.717) is 24.4 Å². The van der Waals surface area contributed by atoms with Crippen molar-refractivity contribution >= 4 is 17.5 Å². The van der Waals surface area contributed by atoms with Gasteiger partial charge in [0, 0.05) is 18.7 Å². The summed E-state index contributed by atoms with van der Waals surface area (Å²) >= 11 is 0. The van der Waals surface area contributed by atoms with Crippen molar-refractivity contribution in [1.29, 1.82) is 0 Å². The van der Waals surface area contributed by atoms with Crippen LogP contribution in [0.4, 0.5) is 10.1 Å². The van der Waals surface area contributed by atoms with Crippen LogP contribution in [0, 0.1) is 11.7 Å². The molecule has 1 aliphatic rings. The molecule has 0 radical (unpaired) electrons. The molecule has 2 amide bonds. The highest BCUT2D eigenvalue weighted by Gasteiger charge is 2.32. The summed E-state index contributed by atoms with van der Waals surface area (Å²) in [6.45, 7) is 6.34. The normalized spacial score (nSPS) is 15.9. The Kier molecular flexibility index (Phi) is 7.49. The van der Waals surface area contributed by atoms with Crippen LogP contribution in [0.2, 0.25) is 0 Å². The van der Waals surface area contributed by atoms with E-state index in [0.717, 1.165) is 23.1 Å². The van der Waals surface area contributed by atoms with Crippen molar-refractivity contribution in [2.24, 2.45) is 5.92 Å². The van der Waals surface area contributed by atoms with Crippen LogP contribution >= 0.6 is 0 Å². The van der Waals surface area contributed by atoms with Crippen molar-refractivity contribution in [3.63, 3.8) is 0 Å². The van der Waals surface area contributed by atoms with E-state index in [-0.39, 0.29) is 29.6 Å². The number of anilines is 1. The number of hydrogen-bond acceptors (Lipinski definition) is 3. The molecule has 0 aliphatic carbocycles. The second-order valence-electron chi connectivity index (χ2n) is 9.37. The number of benzene rings is 3. The number of hydrogen-bond donors (Lipinski definition) is 1. The van der Waals surface area contributed by atoms with Crippen molar-refractivity contribution in [2.45, 2.75) is 45.8 Å². The van der Waals surface area contributed by atoms with Gasteiger partial charge in [0.05, 0.1) is 6.04 Å². The summed E-state index contributed by atoms with van der Waals surface area (Å²) in [4.78, 5) is 27.7. The Labute approximate surface area is 205 Å². The highest BCUT2D eigenvalue weighted by atomic mass is 19.1. The fourth-order valence-electron chi connectivity index (χ4n) is 4.43. The summed E-state index contributed by atoms with van der Waals surface area (Å²) in [7, 11) is 0. The molecule has 0 bridgehead atoms. The minimum absolute atomic E-state index is 0.0712. The molecule has 1 N–H and O–H groups in total. The summed E-state index contributed by atoms with van der Waals surface area (Å²) in [5, 5.41) is 2.85. The smallest absolute Gasteiger partial charge is 0.265 e. The Bertz CT molecular complexity index is 1180. The summed E-state index contributed by atoms with van der Waals surface area (Å²) in [5.41, 5.74) is 3.60. The number of nitrogens with one attached hydrogen (secondary N) is 1.